The van der Waals surface area contributed by atoms with Crippen LogP contribution in [0.3, 0.4) is 0 Å². The van der Waals surface area contributed by atoms with E-state index in [2.05, 4.69) is 5.32 Å². The molecule has 1 aromatic carbocycles. The maximum atomic E-state index is 12.2. The van der Waals surface area contributed by atoms with Gasteiger partial charge in [0.1, 0.15) is 0 Å². The number of benzene rings is 1. The van der Waals surface area contributed by atoms with Gasteiger partial charge in [-0.25, -0.2) is 8.42 Å². The molecule has 0 aliphatic rings. The first kappa shape index (κ1) is 15.1. The molecule has 0 aliphatic carbocycles. The third-order valence-electron chi connectivity index (χ3n) is 3.22. The Kier molecular flexibility index (Phi) is 4.90. The first-order valence-electron chi connectivity index (χ1n) is 6.06. The molecule has 0 fully saturated rings. The average molecular weight is 270 g/mol. The van der Waals surface area contributed by atoms with E-state index in [1.807, 2.05) is 40.0 Å². The van der Waals surface area contributed by atoms with Crippen LogP contribution in [0, 0.1) is 0 Å². The third-order valence-corrected chi connectivity index (χ3v) is 5.27. The average Bonchev–Trinajstić information content (AvgIpc) is 2.36. The van der Waals surface area contributed by atoms with Crippen LogP contribution in [0.4, 0.5) is 0 Å². The van der Waals surface area contributed by atoms with Gasteiger partial charge in [-0.2, -0.15) is 4.31 Å². The van der Waals surface area contributed by atoms with Crippen molar-refractivity contribution in [3.8, 4) is 0 Å². The van der Waals surface area contributed by atoms with E-state index in [0.29, 0.717) is 4.90 Å². The van der Waals surface area contributed by atoms with Crippen molar-refractivity contribution in [2.45, 2.75) is 37.8 Å². The van der Waals surface area contributed by atoms with Gasteiger partial charge >= 0.3 is 0 Å². The van der Waals surface area contributed by atoms with Crippen molar-refractivity contribution in [3.63, 3.8) is 0 Å². The molecule has 1 aromatic rings. The lowest BCUT2D eigenvalue weighted by Gasteiger charge is -2.21. The number of hydrogen-bond donors (Lipinski definition) is 1. The second kappa shape index (κ2) is 5.82. The summed E-state index contributed by atoms with van der Waals surface area (Å²) < 4.78 is 25.8. The van der Waals surface area contributed by atoms with Gasteiger partial charge in [-0.1, -0.05) is 12.1 Å². The van der Waals surface area contributed by atoms with Gasteiger partial charge in [0.15, 0.2) is 0 Å². The van der Waals surface area contributed by atoms with E-state index >= 15 is 0 Å². The Bertz CT molecular complexity index is 480. The van der Waals surface area contributed by atoms with E-state index in [0.717, 1.165) is 5.56 Å². The zero-order chi connectivity index (χ0) is 13.9. The Hall–Kier alpha value is -0.910. The van der Waals surface area contributed by atoms with Crippen LogP contribution in [0.25, 0.3) is 0 Å². The Morgan fingerprint density at radius 3 is 2.00 bits per heavy atom. The summed E-state index contributed by atoms with van der Waals surface area (Å²) >= 11 is 0. The molecule has 0 spiro atoms. The van der Waals surface area contributed by atoms with Crippen LogP contribution in [0.5, 0.6) is 0 Å². The van der Waals surface area contributed by atoms with Crippen LogP contribution < -0.4 is 5.32 Å². The minimum Gasteiger partial charge on any atom is -0.313 e. The molecule has 0 heterocycles. The summed E-state index contributed by atoms with van der Waals surface area (Å²) in [6.45, 7) is 5.74. The van der Waals surface area contributed by atoms with Crippen molar-refractivity contribution in [1.82, 2.24) is 9.62 Å². The standard InChI is InChI=1S/C13H22N2O2S/c1-10(2)15(5)18(16,17)13-8-6-12(7-9-13)11(3)14-4/h6-11,14H,1-5H3. The molecular formula is C13H22N2O2S. The van der Waals surface area contributed by atoms with E-state index < -0.39 is 10.0 Å². The van der Waals surface area contributed by atoms with Crippen LogP contribution in [0.15, 0.2) is 29.2 Å². The minimum atomic E-state index is -3.37. The summed E-state index contributed by atoms with van der Waals surface area (Å²) in [5.41, 5.74) is 1.07. The molecule has 1 N–H and O–H groups in total. The molecule has 1 atom stereocenters. The number of sulfonamides is 1. The summed E-state index contributed by atoms with van der Waals surface area (Å²) in [4.78, 5) is 0.339. The highest BCUT2D eigenvalue weighted by Gasteiger charge is 2.22. The van der Waals surface area contributed by atoms with Crippen molar-refractivity contribution in [1.29, 1.82) is 0 Å². The summed E-state index contributed by atoms with van der Waals surface area (Å²) in [5, 5.41) is 3.12. The maximum absolute atomic E-state index is 12.2. The Balaban J connectivity index is 3.05. The van der Waals surface area contributed by atoms with E-state index in [-0.39, 0.29) is 12.1 Å². The van der Waals surface area contributed by atoms with Crippen LogP contribution in [0.2, 0.25) is 0 Å². The van der Waals surface area contributed by atoms with Crippen LogP contribution in [0.1, 0.15) is 32.4 Å². The van der Waals surface area contributed by atoms with Crippen LogP contribution >= 0.6 is 0 Å². The zero-order valence-corrected chi connectivity index (χ0v) is 12.5. The Labute approximate surface area is 110 Å². The summed E-state index contributed by atoms with van der Waals surface area (Å²) in [6, 6.07) is 7.19. The first-order valence-corrected chi connectivity index (χ1v) is 7.50. The summed E-state index contributed by atoms with van der Waals surface area (Å²) in [7, 11) is 0.104. The van der Waals surface area contributed by atoms with Gasteiger partial charge in [0.2, 0.25) is 10.0 Å². The van der Waals surface area contributed by atoms with Gasteiger partial charge in [-0.15, -0.1) is 0 Å². The summed E-state index contributed by atoms with van der Waals surface area (Å²) in [6.07, 6.45) is 0. The fourth-order valence-electron chi connectivity index (χ4n) is 1.54. The lowest BCUT2D eigenvalue weighted by Crippen LogP contribution is -2.33. The minimum absolute atomic E-state index is 0.0501. The van der Waals surface area contributed by atoms with Crippen molar-refractivity contribution < 1.29 is 8.42 Å². The molecule has 102 valence electrons. The van der Waals surface area contributed by atoms with Crippen molar-refractivity contribution in [2.75, 3.05) is 14.1 Å². The molecule has 0 saturated carbocycles. The molecular weight excluding hydrogens is 248 g/mol. The Morgan fingerprint density at radius 2 is 1.61 bits per heavy atom. The van der Waals surface area contributed by atoms with E-state index in [1.54, 1.807) is 19.2 Å². The van der Waals surface area contributed by atoms with Gasteiger partial charge in [-0.3, -0.25) is 0 Å². The van der Waals surface area contributed by atoms with E-state index in [4.69, 9.17) is 0 Å². The number of nitrogens with one attached hydrogen (secondary N) is 1. The first-order chi connectivity index (χ1) is 8.30. The van der Waals surface area contributed by atoms with E-state index in [9.17, 15) is 8.42 Å². The lowest BCUT2D eigenvalue weighted by atomic mass is 10.1. The van der Waals surface area contributed by atoms with Crippen molar-refractivity contribution in [2.24, 2.45) is 0 Å². The monoisotopic (exact) mass is 270 g/mol. The highest BCUT2D eigenvalue weighted by atomic mass is 32.2. The van der Waals surface area contributed by atoms with Crippen molar-refractivity contribution >= 4 is 10.0 Å². The largest absolute Gasteiger partial charge is 0.313 e. The molecule has 0 saturated heterocycles. The number of nitrogens with zero attached hydrogens (tertiary/aromatic N) is 1. The quantitative estimate of drug-likeness (QED) is 0.890. The number of rotatable bonds is 5. The highest BCUT2D eigenvalue weighted by molar-refractivity contribution is 7.89. The molecule has 4 nitrogen and oxygen atoms in total. The summed E-state index contributed by atoms with van der Waals surface area (Å²) in [5.74, 6) is 0. The molecule has 1 rings (SSSR count). The fraction of sp³-hybridized carbons (Fsp3) is 0.538. The van der Waals surface area contributed by atoms with Crippen LogP contribution in [-0.4, -0.2) is 32.9 Å². The second-order valence-corrected chi connectivity index (χ2v) is 6.69. The molecule has 1 unspecified atom stereocenters. The van der Waals surface area contributed by atoms with Gasteiger partial charge in [0, 0.05) is 19.1 Å². The van der Waals surface area contributed by atoms with Gasteiger partial charge < -0.3 is 5.32 Å². The van der Waals surface area contributed by atoms with Gasteiger partial charge in [-0.05, 0) is 45.5 Å². The number of hydrogen-bond acceptors (Lipinski definition) is 3. The molecule has 0 amide bonds. The maximum Gasteiger partial charge on any atom is 0.243 e. The molecule has 0 radical (unpaired) electrons. The predicted octanol–water partition coefficient (Wildman–Crippen LogP) is 2.00. The normalized spacial score (nSPS) is 14.2. The van der Waals surface area contributed by atoms with Gasteiger partial charge in [0.25, 0.3) is 0 Å². The third kappa shape index (κ3) is 3.10. The highest BCUT2D eigenvalue weighted by Crippen LogP contribution is 2.19. The lowest BCUT2D eigenvalue weighted by molar-refractivity contribution is 0.410. The molecule has 5 heteroatoms. The predicted molar refractivity (Wildman–Crippen MR) is 74.0 cm³/mol. The van der Waals surface area contributed by atoms with Crippen molar-refractivity contribution in [3.05, 3.63) is 29.8 Å². The van der Waals surface area contributed by atoms with Gasteiger partial charge in [0.05, 0.1) is 4.90 Å². The van der Waals surface area contributed by atoms with Crippen LogP contribution in [-0.2, 0) is 10.0 Å². The Morgan fingerprint density at radius 1 is 1.11 bits per heavy atom. The molecule has 0 aromatic heterocycles. The SMILES string of the molecule is CNC(C)c1ccc(S(=O)(=O)N(C)C(C)C)cc1. The zero-order valence-electron chi connectivity index (χ0n) is 11.6. The smallest absolute Gasteiger partial charge is 0.243 e. The molecule has 0 bridgehead atoms. The van der Waals surface area contributed by atoms with E-state index in [1.165, 1.54) is 4.31 Å². The molecule has 18 heavy (non-hydrogen) atoms. The second-order valence-electron chi connectivity index (χ2n) is 4.69. The topological polar surface area (TPSA) is 49.4 Å². The molecule has 0 aliphatic heterocycles. The fourth-order valence-corrected chi connectivity index (χ4v) is 2.91.